The number of aromatic hydroxyl groups is 1. The molecule has 1 rings (SSSR count). The van der Waals surface area contributed by atoms with Gasteiger partial charge in [0.25, 0.3) is 15.5 Å². The van der Waals surface area contributed by atoms with Crippen LogP contribution in [0, 0.1) is 0 Å². The van der Waals surface area contributed by atoms with Gasteiger partial charge < -0.3 is 5.11 Å². The Labute approximate surface area is 82.6 Å². The van der Waals surface area contributed by atoms with Gasteiger partial charge in [0, 0.05) is 10.7 Å². The Bertz CT molecular complexity index is 448. The number of pyridine rings is 1. The zero-order valence-corrected chi connectivity index (χ0v) is 8.06. The maximum atomic E-state index is 12.1. The summed E-state index contributed by atoms with van der Waals surface area (Å²) in [6.45, 7) is 0. The summed E-state index contributed by atoms with van der Waals surface area (Å²) in [5, 5.41) is 8.98. The van der Waals surface area contributed by atoms with E-state index in [-0.39, 0.29) is 0 Å². The minimum atomic E-state index is -4.24. The lowest BCUT2D eigenvalue weighted by molar-refractivity contribution is 0.145. The number of hydrogen-bond donors (Lipinski definition) is 1. The summed E-state index contributed by atoms with van der Waals surface area (Å²) < 4.78 is 45.7. The lowest BCUT2D eigenvalue weighted by Crippen LogP contribution is -1.96. The SMILES string of the molecule is O=S(=O)(Cl)c1cc(C(F)F)ncc1O. The molecule has 0 saturated heterocycles. The Morgan fingerprint density at radius 2 is 2.07 bits per heavy atom. The molecule has 0 fully saturated rings. The average Bonchev–Trinajstić information content (AvgIpc) is 2.02. The molecule has 0 aromatic carbocycles. The molecular weight excluding hydrogens is 240 g/mol. The van der Waals surface area contributed by atoms with Crippen molar-refractivity contribution in [2.45, 2.75) is 11.3 Å². The maximum absolute atomic E-state index is 12.1. The van der Waals surface area contributed by atoms with Crippen LogP contribution in [0.2, 0.25) is 0 Å². The number of halogens is 3. The molecule has 0 saturated carbocycles. The second kappa shape index (κ2) is 3.66. The van der Waals surface area contributed by atoms with Crippen LogP contribution in [-0.2, 0) is 9.05 Å². The number of hydrogen-bond acceptors (Lipinski definition) is 4. The second-order valence-corrected chi connectivity index (χ2v) is 4.85. The van der Waals surface area contributed by atoms with Crippen LogP contribution in [0.3, 0.4) is 0 Å². The van der Waals surface area contributed by atoms with Gasteiger partial charge in [-0.05, 0) is 6.07 Å². The molecule has 0 atom stereocenters. The van der Waals surface area contributed by atoms with Crippen molar-refractivity contribution >= 4 is 19.7 Å². The number of rotatable bonds is 2. The third kappa shape index (κ3) is 2.30. The first kappa shape index (κ1) is 11.1. The fraction of sp³-hybridized carbons (Fsp3) is 0.167. The molecule has 1 N–H and O–H groups in total. The number of nitrogens with zero attached hydrogens (tertiary/aromatic N) is 1. The summed E-state index contributed by atoms with van der Waals surface area (Å²) in [6.07, 6.45) is -2.32. The highest BCUT2D eigenvalue weighted by molar-refractivity contribution is 8.13. The van der Waals surface area contributed by atoms with Crippen molar-refractivity contribution in [1.82, 2.24) is 4.98 Å². The lowest BCUT2D eigenvalue weighted by Gasteiger charge is -2.02. The molecule has 8 heteroatoms. The van der Waals surface area contributed by atoms with Gasteiger partial charge in [0.15, 0.2) is 5.75 Å². The molecule has 0 aliphatic carbocycles. The smallest absolute Gasteiger partial charge is 0.280 e. The van der Waals surface area contributed by atoms with Gasteiger partial charge in [0.2, 0.25) is 0 Å². The standard InChI is InChI=1S/C6H4ClF2NO3S/c7-14(12,13)5-1-3(6(8)9)10-2-4(5)11/h1-2,6,11H. The molecule has 1 heterocycles. The highest BCUT2D eigenvalue weighted by atomic mass is 35.7. The molecule has 0 spiro atoms. The Balaban J connectivity index is 3.37. The lowest BCUT2D eigenvalue weighted by atomic mass is 10.3. The van der Waals surface area contributed by atoms with Crippen LogP contribution in [-0.4, -0.2) is 18.5 Å². The summed E-state index contributed by atoms with van der Waals surface area (Å²) >= 11 is 0. The largest absolute Gasteiger partial charge is 0.505 e. The Morgan fingerprint density at radius 1 is 1.50 bits per heavy atom. The molecule has 0 amide bonds. The molecule has 1 aromatic rings. The predicted molar refractivity (Wildman–Crippen MR) is 43.9 cm³/mol. The van der Waals surface area contributed by atoms with Crippen molar-refractivity contribution in [2.75, 3.05) is 0 Å². The summed E-state index contributed by atoms with van der Waals surface area (Å²) in [6, 6.07) is 0.530. The first-order valence-corrected chi connectivity index (χ1v) is 5.55. The molecule has 14 heavy (non-hydrogen) atoms. The van der Waals surface area contributed by atoms with Crippen molar-refractivity contribution < 1.29 is 22.3 Å². The van der Waals surface area contributed by atoms with Gasteiger partial charge in [0.05, 0.1) is 6.20 Å². The van der Waals surface area contributed by atoms with Gasteiger partial charge in [-0.15, -0.1) is 0 Å². The average molecular weight is 244 g/mol. The van der Waals surface area contributed by atoms with E-state index in [1.165, 1.54) is 0 Å². The fourth-order valence-corrected chi connectivity index (χ4v) is 1.69. The van der Waals surface area contributed by atoms with Crippen molar-refractivity contribution in [3.8, 4) is 5.75 Å². The van der Waals surface area contributed by atoms with Gasteiger partial charge in [-0.2, -0.15) is 0 Å². The molecule has 0 unspecified atom stereocenters. The minimum Gasteiger partial charge on any atom is -0.505 e. The molecule has 4 nitrogen and oxygen atoms in total. The maximum Gasteiger partial charge on any atom is 0.280 e. The number of aromatic nitrogens is 1. The zero-order valence-electron chi connectivity index (χ0n) is 6.49. The summed E-state index contributed by atoms with van der Waals surface area (Å²) in [5.41, 5.74) is -0.762. The van der Waals surface area contributed by atoms with Gasteiger partial charge in [-0.3, -0.25) is 4.98 Å². The Hall–Kier alpha value is -0.950. The van der Waals surface area contributed by atoms with Crippen LogP contribution in [0.1, 0.15) is 12.1 Å². The summed E-state index contributed by atoms with van der Waals surface area (Å²) in [5.74, 6) is -0.760. The van der Waals surface area contributed by atoms with E-state index in [2.05, 4.69) is 4.98 Å². The highest BCUT2D eigenvalue weighted by Gasteiger charge is 2.19. The highest BCUT2D eigenvalue weighted by Crippen LogP contribution is 2.28. The van der Waals surface area contributed by atoms with Crippen LogP contribution in [0.15, 0.2) is 17.2 Å². The van der Waals surface area contributed by atoms with E-state index in [0.717, 1.165) is 0 Å². The third-order valence-corrected chi connectivity index (χ3v) is 2.70. The van der Waals surface area contributed by atoms with Gasteiger partial charge in [0.1, 0.15) is 10.6 Å². The van der Waals surface area contributed by atoms with E-state index >= 15 is 0 Å². The normalized spacial score (nSPS) is 12.0. The van der Waals surface area contributed by atoms with Crippen LogP contribution < -0.4 is 0 Å². The van der Waals surface area contributed by atoms with Crippen LogP contribution in [0.25, 0.3) is 0 Å². The Kier molecular flexibility index (Phi) is 2.91. The van der Waals surface area contributed by atoms with E-state index in [1.807, 2.05) is 0 Å². The van der Waals surface area contributed by atoms with Gasteiger partial charge >= 0.3 is 0 Å². The Morgan fingerprint density at radius 3 is 2.50 bits per heavy atom. The van der Waals surface area contributed by atoms with Crippen molar-refractivity contribution in [3.63, 3.8) is 0 Å². The molecule has 78 valence electrons. The third-order valence-electron chi connectivity index (χ3n) is 1.35. The predicted octanol–water partition coefficient (Wildman–Crippen LogP) is 1.65. The first-order valence-electron chi connectivity index (χ1n) is 3.24. The molecular formula is C6H4ClF2NO3S. The van der Waals surface area contributed by atoms with Gasteiger partial charge in [-0.25, -0.2) is 17.2 Å². The molecule has 0 bridgehead atoms. The summed E-state index contributed by atoms with van der Waals surface area (Å²) in [7, 11) is 0.639. The second-order valence-electron chi connectivity index (χ2n) is 2.32. The van der Waals surface area contributed by atoms with Crippen LogP contribution in [0.4, 0.5) is 8.78 Å². The van der Waals surface area contributed by atoms with Crippen molar-refractivity contribution in [3.05, 3.63) is 18.0 Å². The molecule has 1 aromatic heterocycles. The van der Waals surface area contributed by atoms with Crippen LogP contribution >= 0.6 is 10.7 Å². The van der Waals surface area contributed by atoms with E-state index in [1.54, 1.807) is 0 Å². The van der Waals surface area contributed by atoms with Gasteiger partial charge in [-0.1, -0.05) is 0 Å². The van der Waals surface area contributed by atoms with E-state index < -0.39 is 31.8 Å². The van der Waals surface area contributed by atoms with E-state index in [9.17, 15) is 17.2 Å². The molecule has 0 radical (unpaired) electrons. The zero-order chi connectivity index (χ0) is 10.9. The number of alkyl halides is 2. The monoisotopic (exact) mass is 243 g/mol. The molecule has 0 aliphatic heterocycles. The fourth-order valence-electron chi connectivity index (χ4n) is 0.759. The first-order chi connectivity index (χ1) is 6.32. The van der Waals surface area contributed by atoms with Crippen LogP contribution in [0.5, 0.6) is 5.75 Å². The van der Waals surface area contributed by atoms with Crippen molar-refractivity contribution in [1.29, 1.82) is 0 Å². The summed E-state index contributed by atoms with van der Waals surface area (Å²) in [4.78, 5) is 2.36. The topological polar surface area (TPSA) is 67.3 Å². The van der Waals surface area contributed by atoms with E-state index in [0.29, 0.717) is 12.3 Å². The molecule has 0 aliphatic rings. The van der Waals surface area contributed by atoms with Crippen molar-refractivity contribution in [2.24, 2.45) is 0 Å². The van der Waals surface area contributed by atoms with E-state index in [4.69, 9.17) is 15.8 Å². The quantitative estimate of drug-likeness (QED) is 0.802. The minimum absolute atomic E-state index is 0.530.